The number of benzene rings is 1. The fourth-order valence-electron chi connectivity index (χ4n) is 3.55. The van der Waals surface area contributed by atoms with Crippen LogP contribution in [0.5, 0.6) is 0 Å². The molecule has 3 aromatic heterocycles. The molecule has 0 spiro atoms. The van der Waals surface area contributed by atoms with E-state index in [0.29, 0.717) is 6.54 Å². The van der Waals surface area contributed by atoms with E-state index in [-0.39, 0.29) is 24.1 Å². The zero-order valence-corrected chi connectivity index (χ0v) is 16.0. The summed E-state index contributed by atoms with van der Waals surface area (Å²) in [5, 5.41) is 2.94. The van der Waals surface area contributed by atoms with E-state index in [2.05, 4.69) is 15.3 Å². The highest BCUT2D eigenvalue weighted by Gasteiger charge is 2.23. The number of nitrogens with zero attached hydrogens (tertiary/aromatic N) is 3. The predicted octanol–water partition coefficient (Wildman–Crippen LogP) is 4.02. The van der Waals surface area contributed by atoms with Crippen molar-refractivity contribution in [2.24, 2.45) is 0 Å². The van der Waals surface area contributed by atoms with E-state index in [0.717, 1.165) is 28.2 Å². The van der Waals surface area contributed by atoms with Crippen molar-refractivity contribution in [3.05, 3.63) is 102 Å². The van der Waals surface area contributed by atoms with Gasteiger partial charge >= 0.3 is 0 Å². The molecule has 4 rings (SSSR count). The molecule has 1 amide bonds. The number of halogens is 1. The van der Waals surface area contributed by atoms with E-state index in [1.165, 1.54) is 12.1 Å². The van der Waals surface area contributed by atoms with Gasteiger partial charge < -0.3 is 9.72 Å². The van der Waals surface area contributed by atoms with Crippen LogP contribution in [0.4, 0.5) is 4.39 Å². The Balaban J connectivity index is 1.65. The molecule has 6 heteroatoms. The van der Waals surface area contributed by atoms with Crippen molar-refractivity contribution in [1.29, 1.82) is 0 Å². The quantitative estimate of drug-likeness (QED) is 0.543. The van der Waals surface area contributed by atoms with Crippen LogP contribution in [-0.2, 0) is 11.3 Å². The summed E-state index contributed by atoms with van der Waals surface area (Å²) in [6.07, 6.45) is 5.37. The number of fused-ring (bicyclic) bond motifs is 1. The molecule has 1 atom stereocenters. The van der Waals surface area contributed by atoms with Crippen LogP contribution in [0.25, 0.3) is 5.65 Å². The molecule has 0 aliphatic rings. The molecule has 4 aromatic rings. The minimum absolute atomic E-state index is 0.119. The number of aromatic nitrogens is 3. The molecule has 1 aromatic carbocycles. The normalized spacial score (nSPS) is 12.1. The van der Waals surface area contributed by atoms with E-state index in [4.69, 9.17) is 0 Å². The first kappa shape index (κ1) is 18.8. The number of amides is 1. The maximum atomic E-state index is 13.9. The molecule has 0 aliphatic carbocycles. The number of pyridine rings is 2. The molecule has 3 heterocycles. The van der Waals surface area contributed by atoms with Crippen molar-refractivity contribution >= 4 is 11.6 Å². The molecule has 1 N–H and O–H groups in total. The Morgan fingerprint density at radius 3 is 2.79 bits per heavy atom. The molecule has 5 nitrogen and oxygen atoms in total. The number of aryl methyl sites for hydroxylation is 1. The molecule has 146 valence electrons. The lowest BCUT2D eigenvalue weighted by Crippen LogP contribution is -2.25. The van der Waals surface area contributed by atoms with E-state index < -0.39 is 0 Å². The Hall–Kier alpha value is -3.54. The van der Waals surface area contributed by atoms with E-state index in [1.807, 2.05) is 47.7 Å². The highest BCUT2D eigenvalue weighted by Crippen LogP contribution is 2.30. The zero-order valence-electron chi connectivity index (χ0n) is 16.0. The fourth-order valence-corrected chi connectivity index (χ4v) is 3.55. The second-order valence-corrected chi connectivity index (χ2v) is 6.99. The van der Waals surface area contributed by atoms with Crippen LogP contribution in [0.1, 0.15) is 34.9 Å². The predicted molar refractivity (Wildman–Crippen MR) is 109 cm³/mol. The van der Waals surface area contributed by atoms with Gasteiger partial charge in [-0.25, -0.2) is 9.37 Å². The monoisotopic (exact) mass is 388 g/mol. The minimum Gasteiger partial charge on any atom is -0.352 e. The lowest BCUT2D eigenvalue weighted by molar-refractivity contribution is -0.121. The van der Waals surface area contributed by atoms with Gasteiger partial charge in [0.25, 0.3) is 0 Å². The standard InChI is InChI=1S/C23H21FN4O/c1-16-5-2-9-22-26-15-21(28(16)22)20(18-7-3-8-19(24)11-18)12-23(29)27-14-17-6-4-10-25-13-17/h2-11,13,15,20H,12,14H2,1H3,(H,27,29). The second kappa shape index (κ2) is 8.22. The summed E-state index contributed by atoms with van der Waals surface area (Å²) < 4.78 is 16.0. The summed E-state index contributed by atoms with van der Waals surface area (Å²) in [6.45, 7) is 2.39. The van der Waals surface area contributed by atoms with Crippen LogP contribution < -0.4 is 5.32 Å². The average molecular weight is 388 g/mol. The molecule has 0 radical (unpaired) electrons. The van der Waals surface area contributed by atoms with Gasteiger partial charge in [0, 0.05) is 43.2 Å². The Morgan fingerprint density at radius 2 is 2.00 bits per heavy atom. The maximum absolute atomic E-state index is 13.9. The summed E-state index contributed by atoms with van der Waals surface area (Å²) in [5.74, 6) is -0.767. The van der Waals surface area contributed by atoms with Gasteiger partial charge in [-0.15, -0.1) is 0 Å². The molecule has 0 saturated carbocycles. The molecular weight excluding hydrogens is 367 g/mol. The third-order valence-corrected chi connectivity index (χ3v) is 4.96. The third kappa shape index (κ3) is 4.16. The van der Waals surface area contributed by atoms with E-state index in [1.54, 1.807) is 24.7 Å². The SMILES string of the molecule is Cc1cccc2ncc(C(CC(=O)NCc3cccnc3)c3cccc(F)c3)n12. The first-order chi connectivity index (χ1) is 14.1. The van der Waals surface area contributed by atoms with Crippen molar-refractivity contribution in [3.63, 3.8) is 0 Å². The highest BCUT2D eigenvalue weighted by molar-refractivity contribution is 5.77. The Bertz CT molecular complexity index is 1140. The van der Waals surface area contributed by atoms with Gasteiger partial charge in [-0.1, -0.05) is 24.3 Å². The number of hydrogen-bond acceptors (Lipinski definition) is 3. The van der Waals surface area contributed by atoms with Gasteiger partial charge in [-0.2, -0.15) is 0 Å². The zero-order chi connectivity index (χ0) is 20.2. The van der Waals surface area contributed by atoms with Crippen LogP contribution in [0.2, 0.25) is 0 Å². The third-order valence-electron chi connectivity index (χ3n) is 4.96. The van der Waals surface area contributed by atoms with Gasteiger partial charge in [0.2, 0.25) is 5.91 Å². The van der Waals surface area contributed by atoms with Crippen LogP contribution >= 0.6 is 0 Å². The van der Waals surface area contributed by atoms with Crippen molar-refractivity contribution in [1.82, 2.24) is 19.7 Å². The highest BCUT2D eigenvalue weighted by atomic mass is 19.1. The molecule has 0 aliphatic heterocycles. The van der Waals surface area contributed by atoms with Gasteiger partial charge in [-0.05, 0) is 48.4 Å². The van der Waals surface area contributed by atoms with Crippen molar-refractivity contribution in [2.75, 3.05) is 0 Å². The van der Waals surface area contributed by atoms with Crippen LogP contribution in [0, 0.1) is 12.7 Å². The van der Waals surface area contributed by atoms with Gasteiger partial charge in [0.15, 0.2) is 0 Å². The molecule has 0 saturated heterocycles. The molecule has 0 bridgehead atoms. The van der Waals surface area contributed by atoms with Crippen LogP contribution in [0.3, 0.4) is 0 Å². The molecule has 1 unspecified atom stereocenters. The van der Waals surface area contributed by atoms with Crippen LogP contribution in [0.15, 0.2) is 73.2 Å². The summed E-state index contributed by atoms with van der Waals surface area (Å²) in [6, 6.07) is 16.0. The topological polar surface area (TPSA) is 59.3 Å². The van der Waals surface area contributed by atoms with E-state index in [9.17, 15) is 9.18 Å². The fraction of sp³-hybridized carbons (Fsp3) is 0.174. The Labute approximate surface area is 168 Å². The largest absolute Gasteiger partial charge is 0.352 e. The number of carbonyl (C=O) groups excluding carboxylic acids is 1. The van der Waals surface area contributed by atoms with Crippen molar-refractivity contribution < 1.29 is 9.18 Å². The number of rotatable bonds is 6. The van der Waals surface area contributed by atoms with E-state index >= 15 is 0 Å². The molecule has 29 heavy (non-hydrogen) atoms. The van der Waals surface area contributed by atoms with Crippen molar-refractivity contribution in [2.45, 2.75) is 25.8 Å². The maximum Gasteiger partial charge on any atom is 0.221 e. The molecular formula is C23H21FN4O. The lowest BCUT2D eigenvalue weighted by Gasteiger charge is -2.18. The average Bonchev–Trinajstić information content (AvgIpc) is 3.16. The Morgan fingerprint density at radius 1 is 1.14 bits per heavy atom. The lowest BCUT2D eigenvalue weighted by atomic mass is 9.92. The Kier molecular flexibility index (Phi) is 5.33. The summed E-state index contributed by atoms with van der Waals surface area (Å²) in [5.41, 5.74) is 4.34. The smallest absolute Gasteiger partial charge is 0.221 e. The molecule has 0 fully saturated rings. The summed E-state index contributed by atoms with van der Waals surface area (Å²) in [7, 11) is 0. The van der Waals surface area contributed by atoms with Gasteiger partial charge in [0.05, 0.1) is 5.69 Å². The first-order valence-electron chi connectivity index (χ1n) is 9.46. The number of imidazole rings is 1. The summed E-state index contributed by atoms with van der Waals surface area (Å²) >= 11 is 0. The minimum atomic E-state index is -0.325. The number of hydrogen-bond donors (Lipinski definition) is 1. The van der Waals surface area contributed by atoms with Crippen LogP contribution in [-0.4, -0.2) is 20.3 Å². The van der Waals surface area contributed by atoms with Gasteiger partial charge in [-0.3, -0.25) is 9.78 Å². The van der Waals surface area contributed by atoms with Crippen molar-refractivity contribution in [3.8, 4) is 0 Å². The number of nitrogens with one attached hydrogen (secondary N) is 1. The van der Waals surface area contributed by atoms with Gasteiger partial charge in [0.1, 0.15) is 11.5 Å². The second-order valence-electron chi connectivity index (χ2n) is 6.99. The summed E-state index contributed by atoms with van der Waals surface area (Å²) in [4.78, 5) is 21.3. The number of carbonyl (C=O) groups is 1. The first-order valence-corrected chi connectivity index (χ1v) is 9.46.